The van der Waals surface area contributed by atoms with Crippen LogP contribution in [0.25, 0.3) is 0 Å². The number of aromatic nitrogens is 1. The fourth-order valence-electron chi connectivity index (χ4n) is 1.80. The molecule has 0 spiro atoms. The molecule has 0 N–H and O–H groups in total. The van der Waals surface area contributed by atoms with E-state index in [0.29, 0.717) is 11.1 Å². The lowest BCUT2D eigenvalue weighted by molar-refractivity contribution is -0.137. The first-order valence-electron chi connectivity index (χ1n) is 5.75. The monoisotopic (exact) mass is 277 g/mol. The van der Waals surface area contributed by atoms with E-state index >= 15 is 0 Å². The summed E-state index contributed by atoms with van der Waals surface area (Å²) in [6.07, 6.45) is -1.03. The van der Waals surface area contributed by atoms with Crippen LogP contribution in [0.15, 0.2) is 53.7 Å². The zero-order valence-corrected chi connectivity index (χ0v) is 10.3. The molecular weight excluding hydrogens is 267 g/mol. The van der Waals surface area contributed by atoms with Crippen molar-refractivity contribution < 1.29 is 13.2 Å². The van der Waals surface area contributed by atoms with Gasteiger partial charge in [0.1, 0.15) is 5.49 Å². The van der Waals surface area contributed by atoms with Gasteiger partial charge >= 0.3 is 6.18 Å². The molecule has 2 rings (SSSR count). The van der Waals surface area contributed by atoms with Crippen molar-refractivity contribution in [1.29, 1.82) is 5.26 Å². The highest BCUT2D eigenvalue weighted by atomic mass is 19.4. The van der Waals surface area contributed by atoms with E-state index in [9.17, 15) is 13.2 Å². The minimum atomic E-state index is -4.36. The predicted octanol–water partition coefficient (Wildman–Crippen LogP) is 2.94. The van der Waals surface area contributed by atoms with Crippen LogP contribution >= 0.6 is 0 Å². The first-order valence-corrected chi connectivity index (χ1v) is 5.75. The van der Waals surface area contributed by atoms with Crippen molar-refractivity contribution in [3.8, 4) is 6.19 Å². The second-order valence-corrected chi connectivity index (χ2v) is 4.10. The Kier molecular flexibility index (Phi) is 3.89. The molecule has 0 radical (unpaired) electrons. The summed E-state index contributed by atoms with van der Waals surface area (Å²) in [6.45, 7) is 0.214. The van der Waals surface area contributed by atoms with Crippen molar-refractivity contribution in [2.24, 2.45) is 4.99 Å². The van der Waals surface area contributed by atoms with Crippen molar-refractivity contribution in [1.82, 2.24) is 4.57 Å². The maximum atomic E-state index is 12.6. The molecule has 0 aliphatic carbocycles. The van der Waals surface area contributed by atoms with Crippen LogP contribution in [-0.4, -0.2) is 4.57 Å². The van der Waals surface area contributed by atoms with Crippen LogP contribution in [-0.2, 0) is 12.7 Å². The second kappa shape index (κ2) is 5.61. The van der Waals surface area contributed by atoms with Gasteiger partial charge in [0.15, 0.2) is 0 Å². The normalized spacial score (nSPS) is 12.2. The van der Waals surface area contributed by atoms with Gasteiger partial charge in [0.2, 0.25) is 6.19 Å². The molecular formula is C14H10F3N3. The molecule has 0 amide bonds. The summed E-state index contributed by atoms with van der Waals surface area (Å²) in [5.74, 6) is 0. The first-order chi connectivity index (χ1) is 9.50. The summed E-state index contributed by atoms with van der Waals surface area (Å²) in [6, 6.07) is 10.1. The zero-order chi connectivity index (χ0) is 14.6. The van der Waals surface area contributed by atoms with Gasteiger partial charge in [0.25, 0.3) is 0 Å². The summed E-state index contributed by atoms with van der Waals surface area (Å²) >= 11 is 0. The van der Waals surface area contributed by atoms with E-state index in [1.54, 1.807) is 41.2 Å². The molecule has 3 nitrogen and oxygen atoms in total. The van der Waals surface area contributed by atoms with Gasteiger partial charge in [-0.15, -0.1) is 0 Å². The van der Waals surface area contributed by atoms with Crippen LogP contribution in [0, 0.1) is 11.5 Å². The van der Waals surface area contributed by atoms with Gasteiger partial charge < -0.3 is 4.57 Å². The molecule has 0 aliphatic rings. The Labute approximate surface area is 113 Å². The lowest BCUT2D eigenvalue weighted by atomic mass is 10.1. The second-order valence-electron chi connectivity index (χ2n) is 4.10. The van der Waals surface area contributed by atoms with Gasteiger partial charge in [-0.05, 0) is 29.8 Å². The minimum Gasteiger partial charge on any atom is -0.328 e. The third kappa shape index (κ3) is 3.26. The molecule has 1 aromatic carbocycles. The molecule has 102 valence electrons. The third-order valence-corrected chi connectivity index (χ3v) is 2.69. The molecule has 2 aromatic rings. The van der Waals surface area contributed by atoms with Gasteiger partial charge in [0.05, 0.1) is 5.56 Å². The summed E-state index contributed by atoms with van der Waals surface area (Å²) < 4.78 is 39.5. The third-order valence-electron chi connectivity index (χ3n) is 2.69. The molecule has 20 heavy (non-hydrogen) atoms. The van der Waals surface area contributed by atoms with Crippen molar-refractivity contribution in [3.05, 3.63) is 65.3 Å². The number of benzene rings is 1. The highest BCUT2D eigenvalue weighted by Gasteiger charge is 2.30. The van der Waals surface area contributed by atoms with E-state index in [-0.39, 0.29) is 6.54 Å². The maximum Gasteiger partial charge on any atom is 0.416 e. The number of pyridine rings is 1. The lowest BCUT2D eigenvalue weighted by Crippen LogP contribution is -2.20. The molecule has 0 saturated heterocycles. The Bertz CT molecular complexity index is 708. The van der Waals surface area contributed by atoms with E-state index in [2.05, 4.69) is 4.99 Å². The highest BCUT2D eigenvalue weighted by molar-refractivity contribution is 5.26. The van der Waals surface area contributed by atoms with Gasteiger partial charge in [-0.3, -0.25) is 0 Å². The Morgan fingerprint density at radius 2 is 1.95 bits per heavy atom. The molecule has 0 fully saturated rings. The Morgan fingerprint density at radius 1 is 1.15 bits per heavy atom. The van der Waals surface area contributed by atoms with Crippen molar-refractivity contribution in [2.45, 2.75) is 12.7 Å². The predicted molar refractivity (Wildman–Crippen MR) is 66.2 cm³/mol. The SMILES string of the molecule is N#C/N=c1\ccccn1Cc1cccc(C(F)(F)F)c1. The number of nitrogens with zero attached hydrogens (tertiary/aromatic N) is 3. The van der Waals surface area contributed by atoms with Crippen LogP contribution in [0.4, 0.5) is 13.2 Å². The zero-order valence-electron chi connectivity index (χ0n) is 10.3. The van der Waals surface area contributed by atoms with Crippen molar-refractivity contribution >= 4 is 0 Å². The molecule has 1 heterocycles. The molecule has 0 aliphatic heterocycles. The van der Waals surface area contributed by atoms with Crippen molar-refractivity contribution in [2.75, 3.05) is 0 Å². The van der Waals surface area contributed by atoms with Crippen LogP contribution in [0.3, 0.4) is 0 Å². The number of hydrogen-bond donors (Lipinski definition) is 0. The van der Waals surface area contributed by atoms with Crippen molar-refractivity contribution in [3.63, 3.8) is 0 Å². The summed E-state index contributed by atoms with van der Waals surface area (Å²) in [7, 11) is 0. The first kappa shape index (κ1) is 13.9. The van der Waals surface area contributed by atoms with E-state index in [0.717, 1.165) is 12.1 Å². The molecule has 0 atom stereocenters. The van der Waals surface area contributed by atoms with Crippen LogP contribution < -0.4 is 5.49 Å². The molecule has 0 unspecified atom stereocenters. The smallest absolute Gasteiger partial charge is 0.328 e. The lowest BCUT2D eigenvalue weighted by Gasteiger charge is -2.10. The van der Waals surface area contributed by atoms with Gasteiger partial charge in [-0.2, -0.15) is 23.4 Å². The topological polar surface area (TPSA) is 41.1 Å². The van der Waals surface area contributed by atoms with Gasteiger partial charge in [0, 0.05) is 12.7 Å². The van der Waals surface area contributed by atoms with E-state index in [1.807, 2.05) is 0 Å². The number of alkyl halides is 3. The maximum absolute atomic E-state index is 12.6. The molecule has 6 heteroatoms. The molecule has 0 bridgehead atoms. The summed E-state index contributed by atoms with van der Waals surface area (Å²) in [4.78, 5) is 3.62. The number of rotatable bonds is 2. The van der Waals surface area contributed by atoms with Crippen LogP contribution in [0.1, 0.15) is 11.1 Å². The van der Waals surface area contributed by atoms with E-state index in [1.165, 1.54) is 6.07 Å². The van der Waals surface area contributed by atoms with Crippen LogP contribution in [0.2, 0.25) is 0 Å². The fourth-order valence-corrected chi connectivity index (χ4v) is 1.80. The van der Waals surface area contributed by atoms with E-state index < -0.39 is 11.7 Å². The van der Waals surface area contributed by atoms with Gasteiger partial charge in [-0.25, -0.2) is 0 Å². The Morgan fingerprint density at radius 3 is 2.65 bits per heavy atom. The summed E-state index contributed by atoms with van der Waals surface area (Å²) in [5.41, 5.74) is 0.197. The quantitative estimate of drug-likeness (QED) is 0.778. The number of nitriles is 1. The Hall–Kier alpha value is -2.55. The Balaban J connectivity index is 2.37. The average molecular weight is 277 g/mol. The molecule has 1 aromatic heterocycles. The summed E-state index contributed by atoms with van der Waals surface area (Å²) in [5, 5.41) is 8.58. The number of hydrogen-bond acceptors (Lipinski definition) is 2. The highest BCUT2D eigenvalue weighted by Crippen LogP contribution is 2.29. The van der Waals surface area contributed by atoms with Crippen LogP contribution in [0.5, 0.6) is 0 Å². The standard InChI is InChI=1S/C14H10F3N3/c15-14(16,17)12-5-3-4-11(8-12)9-20-7-2-1-6-13(20)19-10-18/h1-8H,9H2/b19-13+. The number of halogens is 3. The fraction of sp³-hybridized carbons (Fsp3) is 0.143. The average Bonchev–Trinajstić information content (AvgIpc) is 2.41. The van der Waals surface area contributed by atoms with E-state index in [4.69, 9.17) is 5.26 Å². The largest absolute Gasteiger partial charge is 0.416 e. The molecule has 0 saturated carbocycles. The minimum absolute atomic E-state index is 0.214. The van der Waals surface area contributed by atoms with Gasteiger partial charge in [-0.1, -0.05) is 18.2 Å².